The maximum Gasteiger partial charge on any atom is 0.239 e. The van der Waals surface area contributed by atoms with E-state index >= 15 is 0 Å². The van der Waals surface area contributed by atoms with Gasteiger partial charge in [0.15, 0.2) is 0 Å². The molecule has 0 spiro atoms. The van der Waals surface area contributed by atoms with Crippen LogP contribution >= 0.6 is 0 Å². The molecule has 1 fully saturated rings. The predicted molar refractivity (Wildman–Crippen MR) is 86.0 cm³/mol. The van der Waals surface area contributed by atoms with Crippen LogP contribution in [0.15, 0.2) is 24.3 Å². The van der Waals surface area contributed by atoms with Gasteiger partial charge in [-0.15, -0.1) is 0 Å². The van der Waals surface area contributed by atoms with Crippen LogP contribution in [0.25, 0.3) is 0 Å². The van der Waals surface area contributed by atoms with Gasteiger partial charge in [0.2, 0.25) is 5.91 Å². The standard InChI is InChI=1S/C17H26N2O3/c1-4-22-16-7-5-15(6-8-16)13(2)18-14(3)17(20)19-9-11-21-12-10-19/h5-8,13-14,18H,4,9-12H2,1-3H3. The number of carbonyl (C=O) groups excluding carboxylic acids is 1. The van der Waals surface area contributed by atoms with Gasteiger partial charge in [-0.1, -0.05) is 12.1 Å². The first-order valence-corrected chi connectivity index (χ1v) is 7.97. The van der Waals surface area contributed by atoms with Crippen LogP contribution in [0, 0.1) is 0 Å². The average molecular weight is 306 g/mol. The molecule has 22 heavy (non-hydrogen) atoms. The minimum atomic E-state index is -0.209. The molecule has 122 valence electrons. The van der Waals surface area contributed by atoms with Crippen LogP contribution in [-0.2, 0) is 9.53 Å². The summed E-state index contributed by atoms with van der Waals surface area (Å²) >= 11 is 0. The van der Waals surface area contributed by atoms with E-state index in [2.05, 4.69) is 12.2 Å². The van der Waals surface area contributed by atoms with E-state index in [1.54, 1.807) is 0 Å². The highest BCUT2D eigenvalue weighted by atomic mass is 16.5. The molecule has 5 nitrogen and oxygen atoms in total. The number of benzene rings is 1. The summed E-state index contributed by atoms with van der Waals surface area (Å²) in [5.74, 6) is 1.01. The van der Waals surface area contributed by atoms with E-state index in [-0.39, 0.29) is 18.0 Å². The lowest BCUT2D eigenvalue weighted by Gasteiger charge is -2.30. The van der Waals surface area contributed by atoms with Gasteiger partial charge in [-0.25, -0.2) is 0 Å². The molecule has 2 atom stereocenters. The molecule has 1 heterocycles. The Morgan fingerprint density at radius 2 is 1.91 bits per heavy atom. The van der Waals surface area contributed by atoms with E-state index in [9.17, 15) is 4.79 Å². The Bertz CT molecular complexity index is 469. The highest BCUT2D eigenvalue weighted by molar-refractivity contribution is 5.81. The second-order valence-corrected chi connectivity index (χ2v) is 5.55. The zero-order valence-electron chi connectivity index (χ0n) is 13.7. The van der Waals surface area contributed by atoms with E-state index in [0.29, 0.717) is 32.9 Å². The molecule has 0 aliphatic carbocycles. The van der Waals surface area contributed by atoms with E-state index in [4.69, 9.17) is 9.47 Å². The molecule has 1 aliphatic rings. The minimum absolute atomic E-state index is 0.107. The summed E-state index contributed by atoms with van der Waals surface area (Å²) in [4.78, 5) is 14.3. The van der Waals surface area contributed by atoms with Crippen LogP contribution in [0.4, 0.5) is 0 Å². The molecule has 2 rings (SSSR count). The summed E-state index contributed by atoms with van der Waals surface area (Å²) in [6.07, 6.45) is 0. The Balaban J connectivity index is 1.89. The van der Waals surface area contributed by atoms with Crippen LogP contribution in [0.1, 0.15) is 32.4 Å². The summed E-state index contributed by atoms with van der Waals surface area (Å²) in [6, 6.07) is 7.90. The van der Waals surface area contributed by atoms with Crippen molar-refractivity contribution in [2.75, 3.05) is 32.9 Å². The van der Waals surface area contributed by atoms with Crippen molar-refractivity contribution in [3.8, 4) is 5.75 Å². The van der Waals surface area contributed by atoms with Gasteiger partial charge in [-0.3, -0.25) is 10.1 Å². The summed E-state index contributed by atoms with van der Waals surface area (Å²) in [6.45, 7) is 9.25. The first-order chi connectivity index (χ1) is 10.6. The topological polar surface area (TPSA) is 50.8 Å². The number of nitrogens with one attached hydrogen (secondary N) is 1. The molecule has 1 amide bonds. The molecular formula is C17H26N2O3. The van der Waals surface area contributed by atoms with Crippen molar-refractivity contribution in [1.82, 2.24) is 10.2 Å². The number of carbonyl (C=O) groups is 1. The lowest BCUT2D eigenvalue weighted by atomic mass is 10.1. The largest absolute Gasteiger partial charge is 0.494 e. The van der Waals surface area contributed by atoms with Crippen molar-refractivity contribution in [2.45, 2.75) is 32.9 Å². The van der Waals surface area contributed by atoms with E-state index in [1.165, 1.54) is 0 Å². The zero-order valence-corrected chi connectivity index (χ0v) is 13.7. The average Bonchev–Trinajstić information content (AvgIpc) is 2.55. The second kappa shape index (κ2) is 8.15. The van der Waals surface area contributed by atoms with Gasteiger partial charge >= 0.3 is 0 Å². The van der Waals surface area contributed by atoms with Crippen LogP contribution in [-0.4, -0.2) is 49.8 Å². The van der Waals surface area contributed by atoms with Crippen LogP contribution in [0.5, 0.6) is 5.75 Å². The maximum absolute atomic E-state index is 12.4. The van der Waals surface area contributed by atoms with Crippen molar-refractivity contribution >= 4 is 5.91 Å². The fourth-order valence-electron chi connectivity index (χ4n) is 2.62. The molecule has 1 N–H and O–H groups in total. The first-order valence-electron chi connectivity index (χ1n) is 7.97. The lowest BCUT2D eigenvalue weighted by Crippen LogP contribution is -2.49. The maximum atomic E-state index is 12.4. The predicted octanol–water partition coefficient (Wildman–Crippen LogP) is 1.98. The molecule has 1 aromatic carbocycles. The quantitative estimate of drug-likeness (QED) is 0.873. The highest BCUT2D eigenvalue weighted by Crippen LogP contribution is 2.18. The highest BCUT2D eigenvalue weighted by Gasteiger charge is 2.23. The third kappa shape index (κ3) is 4.45. The van der Waals surface area contributed by atoms with Gasteiger partial charge < -0.3 is 14.4 Å². The van der Waals surface area contributed by atoms with Gasteiger partial charge in [-0.2, -0.15) is 0 Å². The molecule has 0 bridgehead atoms. The smallest absolute Gasteiger partial charge is 0.239 e. The molecule has 0 aromatic heterocycles. The molecule has 0 saturated carbocycles. The van der Waals surface area contributed by atoms with E-state index < -0.39 is 0 Å². The van der Waals surface area contributed by atoms with Crippen LogP contribution in [0.2, 0.25) is 0 Å². The molecular weight excluding hydrogens is 280 g/mol. The number of rotatable bonds is 6. The normalized spacial score (nSPS) is 17.9. The molecule has 1 aliphatic heterocycles. The number of ether oxygens (including phenoxy) is 2. The minimum Gasteiger partial charge on any atom is -0.494 e. The fraction of sp³-hybridized carbons (Fsp3) is 0.588. The van der Waals surface area contributed by atoms with Crippen molar-refractivity contribution in [2.24, 2.45) is 0 Å². The van der Waals surface area contributed by atoms with Crippen molar-refractivity contribution in [1.29, 1.82) is 0 Å². The summed E-state index contributed by atoms with van der Waals surface area (Å²) in [5.41, 5.74) is 1.14. The third-order valence-corrected chi connectivity index (χ3v) is 3.88. The number of nitrogens with zero attached hydrogens (tertiary/aromatic N) is 1. The monoisotopic (exact) mass is 306 g/mol. The Hall–Kier alpha value is -1.59. The Morgan fingerprint density at radius 1 is 1.27 bits per heavy atom. The number of morpholine rings is 1. The van der Waals surface area contributed by atoms with Crippen LogP contribution in [0.3, 0.4) is 0 Å². The molecule has 1 saturated heterocycles. The summed E-state index contributed by atoms with van der Waals surface area (Å²) in [5, 5.41) is 3.37. The molecule has 5 heteroatoms. The zero-order chi connectivity index (χ0) is 15.9. The lowest BCUT2D eigenvalue weighted by molar-refractivity contribution is -0.137. The number of amides is 1. The molecule has 0 radical (unpaired) electrons. The third-order valence-electron chi connectivity index (χ3n) is 3.88. The van der Waals surface area contributed by atoms with Crippen molar-refractivity contribution in [3.05, 3.63) is 29.8 Å². The van der Waals surface area contributed by atoms with Crippen LogP contribution < -0.4 is 10.1 Å². The van der Waals surface area contributed by atoms with Gasteiger partial charge in [0.1, 0.15) is 5.75 Å². The van der Waals surface area contributed by atoms with Gasteiger partial charge in [0.25, 0.3) is 0 Å². The second-order valence-electron chi connectivity index (χ2n) is 5.55. The molecule has 2 unspecified atom stereocenters. The van der Waals surface area contributed by atoms with Gasteiger partial charge in [0, 0.05) is 19.1 Å². The Morgan fingerprint density at radius 3 is 2.50 bits per heavy atom. The van der Waals surface area contributed by atoms with Gasteiger partial charge in [-0.05, 0) is 38.5 Å². The first kappa shape index (κ1) is 16.8. The van der Waals surface area contributed by atoms with Gasteiger partial charge in [0.05, 0.1) is 25.9 Å². The SMILES string of the molecule is CCOc1ccc(C(C)NC(C)C(=O)N2CCOCC2)cc1. The number of hydrogen-bond acceptors (Lipinski definition) is 4. The van der Waals surface area contributed by atoms with Crippen molar-refractivity contribution in [3.63, 3.8) is 0 Å². The summed E-state index contributed by atoms with van der Waals surface area (Å²) < 4.78 is 10.7. The van der Waals surface area contributed by atoms with Crippen molar-refractivity contribution < 1.29 is 14.3 Å². The molecule has 1 aromatic rings. The fourth-order valence-corrected chi connectivity index (χ4v) is 2.62. The number of hydrogen-bond donors (Lipinski definition) is 1. The Kier molecular flexibility index (Phi) is 6.21. The van der Waals surface area contributed by atoms with E-state index in [0.717, 1.165) is 11.3 Å². The summed E-state index contributed by atoms with van der Waals surface area (Å²) in [7, 11) is 0. The van der Waals surface area contributed by atoms with E-state index in [1.807, 2.05) is 43.0 Å². The Labute approximate surface area is 132 Å².